The van der Waals surface area contributed by atoms with Crippen LogP contribution >= 0.6 is 0 Å². The molecule has 0 radical (unpaired) electrons. The van der Waals surface area contributed by atoms with Crippen molar-refractivity contribution in [1.82, 2.24) is 5.32 Å². The third-order valence-electron chi connectivity index (χ3n) is 3.98. The van der Waals surface area contributed by atoms with Gasteiger partial charge in [-0.1, -0.05) is 54.1 Å². The molecule has 3 aromatic carbocycles. The number of aromatic hydroxyl groups is 1. The molecule has 0 fully saturated rings. The molecule has 1 heterocycles. The van der Waals surface area contributed by atoms with E-state index in [0.29, 0.717) is 5.75 Å². The number of rotatable bonds is 0. The quantitative estimate of drug-likeness (QED) is 0.651. The average molecular weight is 291 g/mol. The molecule has 0 spiro atoms. The van der Waals surface area contributed by atoms with E-state index < -0.39 is 0 Å². The summed E-state index contributed by atoms with van der Waals surface area (Å²) in [5, 5.41) is 15.1. The summed E-state index contributed by atoms with van der Waals surface area (Å²) < 4.78 is 0. The molecule has 0 saturated carbocycles. The lowest BCUT2D eigenvalue weighted by Crippen LogP contribution is -2.23. The molecular formula is C20H21NO. The number of phenols is 1. The number of hydrogen-bond donors (Lipinski definition) is 2. The maximum absolute atomic E-state index is 9.17. The summed E-state index contributed by atoms with van der Waals surface area (Å²) in [6, 6.07) is 20.5. The molecule has 0 aliphatic carbocycles. The number of nitrogens with one attached hydrogen (secondary N) is 1. The molecular weight excluding hydrogens is 270 g/mol. The highest BCUT2D eigenvalue weighted by molar-refractivity contribution is 5.82. The Kier molecular flexibility index (Phi) is 4.40. The number of fused-ring (bicyclic) bond motifs is 2. The molecule has 2 nitrogen and oxygen atoms in total. The number of aryl methyl sites for hydroxylation is 1. The van der Waals surface area contributed by atoms with Gasteiger partial charge in [0, 0.05) is 6.54 Å². The Morgan fingerprint density at radius 1 is 0.864 bits per heavy atom. The standard InChI is InChI=1S/C11H10.C9H11NO/c1-9-6-7-10-4-2-3-5-11(10)8-9;11-9-2-1-8-6-10-4-3-7(8)5-9/h2-8H,1H3;1-2,5,10-11H,3-4,6H2. The van der Waals surface area contributed by atoms with Crippen LogP contribution in [0.3, 0.4) is 0 Å². The van der Waals surface area contributed by atoms with E-state index in [0.717, 1.165) is 19.5 Å². The van der Waals surface area contributed by atoms with Crippen LogP contribution in [-0.4, -0.2) is 11.7 Å². The van der Waals surface area contributed by atoms with Crippen molar-refractivity contribution in [2.24, 2.45) is 0 Å². The molecule has 3 aromatic rings. The van der Waals surface area contributed by atoms with Crippen molar-refractivity contribution in [2.45, 2.75) is 19.9 Å². The van der Waals surface area contributed by atoms with Gasteiger partial charge in [-0.15, -0.1) is 0 Å². The molecule has 2 heteroatoms. The second kappa shape index (κ2) is 6.63. The van der Waals surface area contributed by atoms with Crippen LogP contribution in [0.2, 0.25) is 0 Å². The summed E-state index contributed by atoms with van der Waals surface area (Å²) in [7, 11) is 0. The van der Waals surface area contributed by atoms with Crippen LogP contribution in [0.15, 0.2) is 60.7 Å². The molecule has 4 rings (SSSR count). The van der Waals surface area contributed by atoms with Crippen molar-refractivity contribution in [2.75, 3.05) is 6.54 Å². The smallest absolute Gasteiger partial charge is 0.115 e. The van der Waals surface area contributed by atoms with E-state index in [1.165, 1.54) is 27.5 Å². The molecule has 1 aliphatic rings. The fourth-order valence-electron chi connectivity index (χ4n) is 2.77. The van der Waals surface area contributed by atoms with Gasteiger partial charge >= 0.3 is 0 Å². The molecule has 1 aliphatic heterocycles. The first-order valence-corrected chi connectivity index (χ1v) is 7.69. The van der Waals surface area contributed by atoms with Crippen LogP contribution in [0, 0.1) is 6.92 Å². The first kappa shape index (κ1) is 14.6. The molecule has 0 saturated heterocycles. The summed E-state index contributed by atoms with van der Waals surface area (Å²) in [5.74, 6) is 0.380. The predicted molar refractivity (Wildman–Crippen MR) is 92.2 cm³/mol. The van der Waals surface area contributed by atoms with Gasteiger partial charge in [-0.3, -0.25) is 0 Å². The Balaban J connectivity index is 0.000000131. The van der Waals surface area contributed by atoms with Gasteiger partial charge in [-0.2, -0.15) is 0 Å². The zero-order chi connectivity index (χ0) is 15.4. The van der Waals surface area contributed by atoms with E-state index >= 15 is 0 Å². The maximum atomic E-state index is 9.17. The Morgan fingerprint density at radius 3 is 2.55 bits per heavy atom. The Labute approximate surface area is 131 Å². The second-order valence-electron chi connectivity index (χ2n) is 5.73. The van der Waals surface area contributed by atoms with Crippen LogP contribution in [0.4, 0.5) is 0 Å². The first-order valence-electron chi connectivity index (χ1n) is 7.69. The largest absolute Gasteiger partial charge is 0.508 e. The lowest BCUT2D eigenvalue weighted by atomic mass is 10.0. The van der Waals surface area contributed by atoms with Gasteiger partial charge in [0.25, 0.3) is 0 Å². The highest BCUT2D eigenvalue weighted by atomic mass is 16.3. The predicted octanol–water partition coefficient (Wildman–Crippen LogP) is 4.19. The van der Waals surface area contributed by atoms with Gasteiger partial charge in [-0.25, -0.2) is 0 Å². The Bertz CT molecular complexity index is 780. The lowest BCUT2D eigenvalue weighted by Gasteiger charge is -2.16. The zero-order valence-electron chi connectivity index (χ0n) is 12.8. The number of hydrogen-bond acceptors (Lipinski definition) is 2. The summed E-state index contributed by atoms with van der Waals surface area (Å²) in [6.45, 7) is 4.08. The van der Waals surface area contributed by atoms with Crippen molar-refractivity contribution >= 4 is 10.8 Å². The molecule has 2 N–H and O–H groups in total. The van der Waals surface area contributed by atoms with Crippen LogP contribution in [0.25, 0.3) is 10.8 Å². The topological polar surface area (TPSA) is 32.3 Å². The highest BCUT2D eigenvalue weighted by Crippen LogP contribution is 2.19. The summed E-state index contributed by atoms with van der Waals surface area (Å²) >= 11 is 0. The van der Waals surface area contributed by atoms with E-state index in [-0.39, 0.29) is 0 Å². The van der Waals surface area contributed by atoms with E-state index in [9.17, 15) is 0 Å². The second-order valence-corrected chi connectivity index (χ2v) is 5.73. The van der Waals surface area contributed by atoms with Crippen molar-refractivity contribution in [3.63, 3.8) is 0 Å². The molecule has 0 atom stereocenters. The van der Waals surface area contributed by atoms with Crippen molar-refractivity contribution < 1.29 is 5.11 Å². The molecule has 0 amide bonds. The van der Waals surface area contributed by atoms with E-state index in [1.54, 1.807) is 6.07 Å². The SMILES string of the molecule is Cc1ccc2ccccc2c1.Oc1ccc2c(c1)CCNC2. The van der Waals surface area contributed by atoms with E-state index in [2.05, 4.69) is 54.7 Å². The minimum Gasteiger partial charge on any atom is -0.508 e. The van der Waals surface area contributed by atoms with Gasteiger partial charge in [0.15, 0.2) is 0 Å². The number of phenolic OH excluding ortho intramolecular Hbond substituents is 1. The fourth-order valence-corrected chi connectivity index (χ4v) is 2.77. The van der Waals surface area contributed by atoms with Gasteiger partial charge < -0.3 is 10.4 Å². The first-order chi connectivity index (χ1) is 10.7. The van der Waals surface area contributed by atoms with Gasteiger partial charge in [0.1, 0.15) is 5.75 Å². The maximum Gasteiger partial charge on any atom is 0.115 e. The minimum absolute atomic E-state index is 0.380. The molecule has 0 aromatic heterocycles. The third kappa shape index (κ3) is 3.46. The monoisotopic (exact) mass is 291 g/mol. The van der Waals surface area contributed by atoms with Crippen molar-refractivity contribution in [3.05, 3.63) is 77.4 Å². The van der Waals surface area contributed by atoms with Gasteiger partial charge in [0.05, 0.1) is 0 Å². The van der Waals surface area contributed by atoms with Crippen molar-refractivity contribution in [1.29, 1.82) is 0 Å². The van der Waals surface area contributed by atoms with E-state index in [1.807, 2.05) is 12.1 Å². The third-order valence-corrected chi connectivity index (χ3v) is 3.98. The Hall–Kier alpha value is -2.32. The van der Waals surface area contributed by atoms with E-state index in [4.69, 9.17) is 5.11 Å². The van der Waals surface area contributed by atoms with Gasteiger partial charge in [0.2, 0.25) is 0 Å². The Morgan fingerprint density at radius 2 is 1.68 bits per heavy atom. The zero-order valence-corrected chi connectivity index (χ0v) is 12.8. The molecule has 0 unspecified atom stereocenters. The van der Waals surface area contributed by atoms with Crippen LogP contribution in [0.1, 0.15) is 16.7 Å². The normalized spacial score (nSPS) is 13.1. The summed E-state index contributed by atoms with van der Waals surface area (Å²) in [6.07, 6.45) is 1.03. The average Bonchev–Trinajstić information content (AvgIpc) is 2.55. The number of benzene rings is 3. The summed E-state index contributed by atoms with van der Waals surface area (Å²) in [5.41, 5.74) is 3.92. The molecule has 22 heavy (non-hydrogen) atoms. The van der Waals surface area contributed by atoms with Crippen LogP contribution < -0.4 is 5.32 Å². The van der Waals surface area contributed by atoms with Crippen molar-refractivity contribution in [3.8, 4) is 5.75 Å². The van der Waals surface area contributed by atoms with Gasteiger partial charge in [-0.05, 0) is 53.9 Å². The molecule has 0 bridgehead atoms. The summed E-state index contributed by atoms with van der Waals surface area (Å²) in [4.78, 5) is 0. The molecule has 112 valence electrons. The van der Waals surface area contributed by atoms with Crippen LogP contribution in [0.5, 0.6) is 5.75 Å². The highest BCUT2D eigenvalue weighted by Gasteiger charge is 2.07. The lowest BCUT2D eigenvalue weighted by molar-refractivity contribution is 0.473. The minimum atomic E-state index is 0.380. The van der Waals surface area contributed by atoms with Crippen LogP contribution in [-0.2, 0) is 13.0 Å². The fraction of sp³-hybridized carbons (Fsp3) is 0.200.